The minimum Gasteiger partial charge on any atom is -0.497 e. The number of nitrogens with zero attached hydrogens (tertiary/aromatic N) is 1. The summed E-state index contributed by atoms with van der Waals surface area (Å²) in [5.74, 6) is 2.03. The van der Waals surface area contributed by atoms with E-state index in [-0.39, 0.29) is 23.7 Å². The number of hydrogen-bond donors (Lipinski definition) is 2. The van der Waals surface area contributed by atoms with Crippen LogP contribution in [-0.4, -0.2) is 23.8 Å². The van der Waals surface area contributed by atoms with Crippen molar-refractivity contribution in [3.8, 4) is 11.5 Å². The van der Waals surface area contributed by atoms with E-state index < -0.39 is 5.92 Å². The molecule has 2 N–H and O–H groups in total. The lowest BCUT2D eigenvalue weighted by molar-refractivity contribution is -0.118. The number of methoxy groups -OCH3 is 1. The summed E-state index contributed by atoms with van der Waals surface area (Å²) >= 11 is 0. The molecule has 0 saturated heterocycles. The van der Waals surface area contributed by atoms with Crippen LogP contribution in [0.4, 0.5) is 5.82 Å². The van der Waals surface area contributed by atoms with Gasteiger partial charge in [0.2, 0.25) is 0 Å². The summed E-state index contributed by atoms with van der Waals surface area (Å²) in [5.41, 5.74) is 3.21. The molecular formula is C31H33N3O5. The number of furan rings is 1. The summed E-state index contributed by atoms with van der Waals surface area (Å²) in [6, 6.07) is 14.6. The van der Waals surface area contributed by atoms with E-state index >= 15 is 0 Å². The quantitative estimate of drug-likeness (QED) is 0.399. The molecule has 202 valence electrons. The molecule has 8 heteroatoms. The van der Waals surface area contributed by atoms with Gasteiger partial charge in [0, 0.05) is 29.6 Å². The van der Waals surface area contributed by atoms with Crippen molar-refractivity contribution < 1.29 is 23.5 Å². The zero-order valence-corrected chi connectivity index (χ0v) is 22.9. The number of anilines is 1. The molecule has 0 saturated carbocycles. The van der Waals surface area contributed by atoms with Gasteiger partial charge in [0.25, 0.3) is 5.91 Å². The second-order valence-electron chi connectivity index (χ2n) is 10.8. The van der Waals surface area contributed by atoms with E-state index in [0.717, 1.165) is 17.0 Å². The predicted molar refractivity (Wildman–Crippen MR) is 147 cm³/mol. The Morgan fingerprint density at radius 3 is 2.56 bits per heavy atom. The Morgan fingerprint density at radius 1 is 1.10 bits per heavy atom. The first kappa shape index (κ1) is 26.3. The molecule has 0 radical (unpaired) electrons. The summed E-state index contributed by atoms with van der Waals surface area (Å²) < 4.78 is 17.3. The van der Waals surface area contributed by atoms with Crippen molar-refractivity contribution in [2.75, 3.05) is 12.4 Å². The van der Waals surface area contributed by atoms with Gasteiger partial charge in [-0.15, -0.1) is 0 Å². The third-order valence-corrected chi connectivity index (χ3v) is 7.13. The van der Waals surface area contributed by atoms with Gasteiger partial charge >= 0.3 is 0 Å². The Bertz CT molecular complexity index is 1480. The number of carbonyl (C=O) groups is 2. The summed E-state index contributed by atoms with van der Waals surface area (Å²) in [5, 5.41) is 6.32. The van der Waals surface area contributed by atoms with Crippen molar-refractivity contribution in [2.24, 2.45) is 5.41 Å². The van der Waals surface area contributed by atoms with Crippen molar-refractivity contribution in [1.82, 2.24) is 10.3 Å². The molecule has 0 unspecified atom stereocenters. The van der Waals surface area contributed by atoms with E-state index in [1.54, 1.807) is 13.3 Å². The van der Waals surface area contributed by atoms with Gasteiger partial charge in [0.05, 0.1) is 18.6 Å². The number of aryl methyl sites for hydroxylation is 1. The third kappa shape index (κ3) is 5.46. The molecule has 5 rings (SSSR count). The first-order chi connectivity index (χ1) is 18.6. The van der Waals surface area contributed by atoms with E-state index in [1.807, 2.05) is 62.4 Å². The number of pyridine rings is 1. The van der Waals surface area contributed by atoms with Crippen LogP contribution in [0.3, 0.4) is 0 Å². The molecule has 3 aromatic rings. The lowest BCUT2D eigenvalue weighted by Crippen LogP contribution is -2.39. The minimum atomic E-state index is -0.649. The van der Waals surface area contributed by atoms with Crippen molar-refractivity contribution in [3.05, 3.63) is 94.4 Å². The van der Waals surface area contributed by atoms with Gasteiger partial charge in [-0.1, -0.05) is 19.9 Å². The van der Waals surface area contributed by atoms with Crippen molar-refractivity contribution in [2.45, 2.75) is 53.1 Å². The maximum atomic E-state index is 13.7. The highest BCUT2D eigenvalue weighted by Gasteiger charge is 2.44. The fourth-order valence-corrected chi connectivity index (χ4v) is 5.27. The van der Waals surface area contributed by atoms with Crippen molar-refractivity contribution in [1.29, 1.82) is 0 Å². The molecule has 1 aromatic carbocycles. The number of rotatable bonds is 7. The van der Waals surface area contributed by atoms with Crippen molar-refractivity contribution in [3.63, 3.8) is 0 Å². The van der Waals surface area contributed by atoms with Crippen LogP contribution in [0, 0.1) is 12.3 Å². The average Bonchev–Trinajstić information content (AvgIpc) is 3.36. The number of carbonyl (C=O) groups excluding carboxylic acids is 2. The van der Waals surface area contributed by atoms with E-state index in [1.165, 1.54) is 0 Å². The smallest absolute Gasteiger partial charge is 0.255 e. The number of aromatic nitrogens is 1. The number of amides is 1. The molecule has 0 spiro atoms. The Hall–Kier alpha value is -4.33. The van der Waals surface area contributed by atoms with Crippen molar-refractivity contribution >= 4 is 17.5 Å². The summed E-state index contributed by atoms with van der Waals surface area (Å²) in [6.07, 6.45) is 2.73. The standard InChI is InChI=1S/C31H33N3O5/c1-18-7-6-14-32-29(18)34-30(36)26-19(2)33-23-15-31(3,4)16-24(35)27(23)28(26)25-13-12-22(39-25)17-38-21-10-8-20(37-5)9-11-21/h6-14,28,33H,15-17H2,1-5H3,(H,32,34,36)/t28-/m0/s1. The highest BCUT2D eigenvalue weighted by molar-refractivity contribution is 6.09. The van der Waals surface area contributed by atoms with E-state index in [0.29, 0.717) is 52.8 Å². The molecule has 2 aromatic heterocycles. The summed E-state index contributed by atoms with van der Waals surface area (Å²) in [6.45, 7) is 8.10. The molecule has 39 heavy (non-hydrogen) atoms. The monoisotopic (exact) mass is 527 g/mol. The first-order valence-corrected chi connectivity index (χ1v) is 13.0. The fraction of sp³-hybridized carbons (Fsp3) is 0.323. The predicted octanol–water partition coefficient (Wildman–Crippen LogP) is 5.81. The number of nitrogens with one attached hydrogen (secondary N) is 2. The molecule has 0 fully saturated rings. The lowest BCUT2D eigenvalue weighted by atomic mass is 9.69. The van der Waals surface area contributed by atoms with Gasteiger partial charge < -0.3 is 24.5 Å². The van der Waals surface area contributed by atoms with Gasteiger partial charge in [-0.3, -0.25) is 9.59 Å². The van der Waals surface area contributed by atoms with E-state index in [9.17, 15) is 9.59 Å². The van der Waals surface area contributed by atoms with Gasteiger partial charge in [0.15, 0.2) is 5.78 Å². The van der Waals surface area contributed by atoms with Crippen LogP contribution in [0.2, 0.25) is 0 Å². The molecule has 0 bridgehead atoms. The number of hydrogen-bond acceptors (Lipinski definition) is 7. The highest BCUT2D eigenvalue weighted by Crippen LogP contribution is 2.47. The molecular weight excluding hydrogens is 494 g/mol. The molecule has 1 amide bonds. The van der Waals surface area contributed by atoms with Crippen LogP contribution >= 0.6 is 0 Å². The summed E-state index contributed by atoms with van der Waals surface area (Å²) in [4.78, 5) is 31.6. The molecule has 3 heterocycles. The first-order valence-electron chi connectivity index (χ1n) is 13.0. The largest absolute Gasteiger partial charge is 0.497 e. The SMILES string of the molecule is COc1ccc(OCc2ccc([C@H]3C(C(=O)Nc4ncccc4C)=C(C)NC4=C3C(=O)CC(C)(C)C4)o2)cc1. The molecule has 2 aliphatic rings. The Morgan fingerprint density at radius 2 is 1.85 bits per heavy atom. The Labute approximate surface area is 228 Å². The number of benzene rings is 1. The summed E-state index contributed by atoms with van der Waals surface area (Å²) in [7, 11) is 1.61. The zero-order valence-electron chi connectivity index (χ0n) is 22.9. The normalized spacial score (nSPS) is 18.4. The van der Waals surface area contributed by atoms with Crippen LogP contribution in [0.15, 0.2) is 81.7 Å². The van der Waals surface area contributed by atoms with Crippen LogP contribution in [0.5, 0.6) is 11.5 Å². The molecule has 1 atom stereocenters. The zero-order chi connectivity index (χ0) is 27.7. The number of dihydropyridines is 1. The van der Waals surface area contributed by atoms with Crippen LogP contribution < -0.4 is 20.1 Å². The highest BCUT2D eigenvalue weighted by atomic mass is 16.5. The third-order valence-electron chi connectivity index (χ3n) is 7.13. The van der Waals surface area contributed by atoms with Crippen LogP contribution in [0.1, 0.15) is 56.6 Å². The molecule has 1 aliphatic heterocycles. The number of ketones is 1. The Balaban J connectivity index is 1.47. The van der Waals surface area contributed by atoms with E-state index in [4.69, 9.17) is 13.9 Å². The molecule has 1 aliphatic carbocycles. The molecule has 8 nitrogen and oxygen atoms in total. The average molecular weight is 528 g/mol. The second-order valence-corrected chi connectivity index (χ2v) is 10.8. The minimum absolute atomic E-state index is 0.0120. The fourth-order valence-electron chi connectivity index (χ4n) is 5.27. The van der Waals surface area contributed by atoms with Gasteiger partial charge in [-0.05, 0) is 73.7 Å². The topological polar surface area (TPSA) is 103 Å². The maximum absolute atomic E-state index is 13.7. The van der Waals surface area contributed by atoms with Crippen LogP contribution in [-0.2, 0) is 16.2 Å². The van der Waals surface area contributed by atoms with Gasteiger partial charge in [-0.2, -0.15) is 0 Å². The van der Waals surface area contributed by atoms with Gasteiger partial charge in [0.1, 0.15) is 35.4 Å². The van der Waals surface area contributed by atoms with E-state index in [2.05, 4.69) is 29.5 Å². The maximum Gasteiger partial charge on any atom is 0.255 e. The Kier molecular flexibility index (Phi) is 7.04. The second kappa shape index (κ2) is 10.4. The van der Waals surface area contributed by atoms with Crippen LogP contribution in [0.25, 0.3) is 0 Å². The van der Waals surface area contributed by atoms with Gasteiger partial charge in [-0.25, -0.2) is 4.98 Å². The number of ether oxygens (including phenoxy) is 2. The number of Topliss-reactive ketones (excluding diaryl/α,β-unsaturated/α-hetero) is 1. The lowest BCUT2D eigenvalue weighted by Gasteiger charge is -2.38. The number of allylic oxidation sites excluding steroid dienone is 3.